The lowest BCUT2D eigenvalue weighted by atomic mass is 10.1. The number of nitro groups is 1. The van der Waals surface area contributed by atoms with Gasteiger partial charge in [0.2, 0.25) is 5.75 Å². The number of nitrogens with one attached hydrogen (secondary N) is 1. The minimum absolute atomic E-state index is 0.0247. The second-order valence-electron chi connectivity index (χ2n) is 4.54. The van der Waals surface area contributed by atoms with Gasteiger partial charge in [0.15, 0.2) is 0 Å². The quantitative estimate of drug-likeness (QED) is 0.607. The van der Waals surface area contributed by atoms with E-state index in [-0.39, 0.29) is 17.5 Å². The molecule has 19 heavy (non-hydrogen) atoms. The number of phenols is 1. The maximum absolute atomic E-state index is 12.3. The van der Waals surface area contributed by atoms with Crippen molar-refractivity contribution >= 4 is 11.6 Å². The van der Waals surface area contributed by atoms with Gasteiger partial charge in [0.25, 0.3) is 5.91 Å². The number of nitrogens with zero attached hydrogens (tertiary/aromatic N) is 2. The lowest BCUT2D eigenvalue weighted by Crippen LogP contribution is -2.51. The second kappa shape index (κ2) is 5.23. The van der Waals surface area contributed by atoms with Crippen molar-refractivity contribution in [2.45, 2.75) is 13.0 Å². The van der Waals surface area contributed by atoms with Crippen molar-refractivity contribution in [1.82, 2.24) is 10.2 Å². The molecular formula is C12H15N3O4. The molecule has 1 aliphatic rings. The molecule has 1 saturated heterocycles. The fraction of sp³-hybridized carbons (Fsp3) is 0.417. The van der Waals surface area contributed by atoms with Crippen LogP contribution in [0.2, 0.25) is 0 Å². The van der Waals surface area contributed by atoms with Crippen molar-refractivity contribution in [1.29, 1.82) is 0 Å². The third-order valence-corrected chi connectivity index (χ3v) is 3.10. The molecule has 0 aliphatic carbocycles. The Balaban J connectivity index is 2.28. The van der Waals surface area contributed by atoms with Crippen LogP contribution in [0.5, 0.6) is 5.75 Å². The van der Waals surface area contributed by atoms with E-state index in [2.05, 4.69) is 5.32 Å². The van der Waals surface area contributed by atoms with Gasteiger partial charge in [-0.05, 0) is 13.0 Å². The topological polar surface area (TPSA) is 95.7 Å². The van der Waals surface area contributed by atoms with E-state index in [1.54, 1.807) is 4.90 Å². The van der Waals surface area contributed by atoms with E-state index < -0.39 is 16.4 Å². The van der Waals surface area contributed by atoms with Crippen molar-refractivity contribution in [3.8, 4) is 5.75 Å². The number of phenolic OH excluding ortho intramolecular Hbond substituents is 1. The van der Waals surface area contributed by atoms with Crippen LogP contribution in [0, 0.1) is 10.1 Å². The predicted molar refractivity (Wildman–Crippen MR) is 68.1 cm³/mol. The normalized spacial score (nSPS) is 19.2. The monoisotopic (exact) mass is 265 g/mol. The van der Waals surface area contributed by atoms with Gasteiger partial charge < -0.3 is 15.3 Å². The van der Waals surface area contributed by atoms with Crippen LogP contribution in [0.25, 0.3) is 0 Å². The van der Waals surface area contributed by atoms with E-state index in [9.17, 15) is 20.0 Å². The summed E-state index contributed by atoms with van der Waals surface area (Å²) < 4.78 is 0. The average Bonchev–Trinajstić information content (AvgIpc) is 2.38. The molecule has 102 valence electrons. The summed E-state index contributed by atoms with van der Waals surface area (Å²) in [6.07, 6.45) is 0. The number of carbonyl (C=O) groups excluding carboxylic acids is 1. The molecule has 1 aliphatic heterocycles. The fourth-order valence-electron chi connectivity index (χ4n) is 2.14. The molecule has 0 radical (unpaired) electrons. The first kappa shape index (κ1) is 13.3. The van der Waals surface area contributed by atoms with Crippen LogP contribution in [0.4, 0.5) is 5.69 Å². The zero-order chi connectivity index (χ0) is 14.0. The van der Waals surface area contributed by atoms with Gasteiger partial charge in [0.05, 0.1) is 10.5 Å². The smallest absolute Gasteiger partial charge is 0.311 e. The minimum Gasteiger partial charge on any atom is -0.502 e. The van der Waals surface area contributed by atoms with Gasteiger partial charge in [-0.1, -0.05) is 6.07 Å². The number of hydrogen-bond acceptors (Lipinski definition) is 5. The number of amides is 1. The number of para-hydroxylation sites is 1. The highest BCUT2D eigenvalue weighted by Crippen LogP contribution is 2.30. The highest BCUT2D eigenvalue weighted by Gasteiger charge is 2.27. The molecule has 0 unspecified atom stereocenters. The molecule has 2 N–H and O–H groups in total. The first-order valence-corrected chi connectivity index (χ1v) is 5.99. The second-order valence-corrected chi connectivity index (χ2v) is 4.54. The van der Waals surface area contributed by atoms with Crippen LogP contribution in [0.15, 0.2) is 18.2 Å². The lowest BCUT2D eigenvalue weighted by Gasteiger charge is -2.32. The Morgan fingerprint density at radius 3 is 2.95 bits per heavy atom. The zero-order valence-corrected chi connectivity index (χ0v) is 10.5. The minimum atomic E-state index is -0.702. The predicted octanol–water partition coefficient (Wildman–Crippen LogP) is 0.734. The lowest BCUT2D eigenvalue weighted by molar-refractivity contribution is -0.385. The van der Waals surface area contributed by atoms with E-state index in [0.717, 1.165) is 0 Å². The summed E-state index contributed by atoms with van der Waals surface area (Å²) in [6, 6.07) is 4.14. The van der Waals surface area contributed by atoms with Crippen LogP contribution in [0.3, 0.4) is 0 Å². The molecular weight excluding hydrogens is 250 g/mol. The van der Waals surface area contributed by atoms with Crippen LogP contribution in [-0.2, 0) is 0 Å². The molecule has 1 aromatic rings. The number of nitro benzene ring substituents is 1. The highest BCUT2D eigenvalue weighted by atomic mass is 16.6. The van der Waals surface area contributed by atoms with Gasteiger partial charge >= 0.3 is 5.69 Å². The van der Waals surface area contributed by atoms with E-state index in [0.29, 0.717) is 19.6 Å². The van der Waals surface area contributed by atoms with Crippen molar-refractivity contribution in [3.05, 3.63) is 33.9 Å². The van der Waals surface area contributed by atoms with E-state index in [1.807, 2.05) is 6.92 Å². The molecule has 1 atom stereocenters. The average molecular weight is 265 g/mol. The molecule has 0 saturated carbocycles. The Morgan fingerprint density at radius 2 is 2.32 bits per heavy atom. The number of aromatic hydroxyl groups is 1. The number of benzene rings is 1. The summed E-state index contributed by atoms with van der Waals surface area (Å²) in [4.78, 5) is 23.9. The Labute approximate surface area is 110 Å². The summed E-state index contributed by atoms with van der Waals surface area (Å²) in [7, 11) is 0. The summed E-state index contributed by atoms with van der Waals surface area (Å²) in [5.41, 5.74) is -0.475. The molecule has 0 bridgehead atoms. The van der Waals surface area contributed by atoms with Gasteiger partial charge in [0.1, 0.15) is 0 Å². The highest BCUT2D eigenvalue weighted by molar-refractivity contribution is 5.98. The van der Waals surface area contributed by atoms with E-state index in [4.69, 9.17) is 0 Å². The van der Waals surface area contributed by atoms with Gasteiger partial charge in [-0.3, -0.25) is 14.9 Å². The van der Waals surface area contributed by atoms with Gasteiger partial charge in [-0.15, -0.1) is 0 Å². The molecule has 1 amide bonds. The van der Waals surface area contributed by atoms with E-state index >= 15 is 0 Å². The first-order valence-electron chi connectivity index (χ1n) is 5.99. The Hall–Kier alpha value is -2.15. The van der Waals surface area contributed by atoms with Crippen LogP contribution < -0.4 is 5.32 Å². The molecule has 1 aromatic carbocycles. The fourth-order valence-corrected chi connectivity index (χ4v) is 2.14. The maximum atomic E-state index is 12.3. The van der Waals surface area contributed by atoms with Crippen LogP contribution in [0.1, 0.15) is 17.3 Å². The van der Waals surface area contributed by atoms with Crippen molar-refractivity contribution in [3.63, 3.8) is 0 Å². The summed E-state index contributed by atoms with van der Waals surface area (Å²) >= 11 is 0. The summed E-state index contributed by atoms with van der Waals surface area (Å²) in [5.74, 6) is -0.946. The molecule has 0 spiro atoms. The number of rotatable bonds is 2. The third kappa shape index (κ3) is 2.65. The summed E-state index contributed by atoms with van der Waals surface area (Å²) in [5, 5.41) is 23.8. The summed E-state index contributed by atoms with van der Waals surface area (Å²) in [6.45, 7) is 3.65. The first-order chi connectivity index (χ1) is 9.00. The Kier molecular flexibility index (Phi) is 3.66. The standard InChI is InChI=1S/C12H15N3O4/c1-8-7-14(6-5-13-8)12(17)9-3-2-4-10(11(9)16)15(18)19/h2-4,8,13,16H,5-7H2,1H3/t8-/m1/s1. The van der Waals surface area contributed by atoms with Gasteiger partial charge in [-0.2, -0.15) is 0 Å². The number of carbonyl (C=O) groups is 1. The number of piperazine rings is 1. The van der Waals surface area contributed by atoms with Gasteiger partial charge in [-0.25, -0.2) is 0 Å². The SMILES string of the molecule is C[C@@H]1CN(C(=O)c2cccc([N+](=O)[O-])c2O)CCN1. The molecule has 7 nitrogen and oxygen atoms in total. The Bertz CT molecular complexity index is 518. The van der Waals surface area contributed by atoms with E-state index in [1.165, 1.54) is 18.2 Å². The van der Waals surface area contributed by atoms with Gasteiger partial charge in [0, 0.05) is 31.7 Å². The molecule has 2 rings (SSSR count). The van der Waals surface area contributed by atoms with Crippen molar-refractivity contribution < 1.29 is 14.8 Å². The third-order valence-electron chi connectivity index (χ3n) is 3.10. The molecule has 7 heteroatoms. The Morgan fingerprint density at radius 1 is 1.58 bits per heavy atom. The molecule has 1 fully saturated rings. The maximum Gasteiger partial charge on any atom is 0.311 e. The zero-order valence-electron chi connectivity index (χ0n) is 10.5. The largest absolute Gasteiger partial charge is 0.502 e. The van der Waals surface area contributed by atoms with Crippen molar-refractivity contribution in [2.75, 3.05) is 19.6 Å². The van der Waals surface area contributed by atoms with Crippen LogP contribution >= 0.6 is 0 Å². The van der Waals surface area contributed by atoms with Crippen molar-refractivity contribution in [2.24, 2.45) is 0 Å². The molecule has 0 aromatic heterocycles. The van der Waals surface area contributed by atoms with Crippen LogP contribution in [-0.4, -0.2) is 46.5 Å². The molecule has 1 heterocycles. The number of hydrogen-bond donors (Lipinski definition) is 2.